The van der Waals surface area contributed by atoms with E-state index in [1.54, 1.807) is 23.5 Å². The highest BCUT2D eigenvalue weighted by molar-refractivity contribution is 7.15. The summed E-state index contributed by atoms with van der Waals surface area (Å²) in [7, 11) is 0. The molecule has 3 aromatic rings. The van der Waals surface area contributed by atoms with Gasteiger partial charge in [0, 0.05) is 10.4 Å². The molecule has 0 unspecified atom stereocenters. The van der Waals surface area contributed by atoms with Crippen molar-refractivity contribution < 1.29 is 4.39 Å². The van der Waals surface area contributed by atoms with Crippen LogP contribution in [0.5, 0.6) is 0 Å². The van der Waals surface area contributed by atoms with Crippen LogP contribution in [0.25, 0.3) is 10.6 Å². The van der Waals surface area contributed by atoms with Crippen molar-refractivity contribution >= 4 is 17.0 Å². The Kier molecular flexibility index (Phi) is 4.35. The molecular formula is C18H14FN3S. The van der Waals surface area contributed by atoms with E-state index in [0.717, 1.165) is 21.1 Å². The first-order valence-electron chi connectivity index (χ1n) is 7.12. The SMILES string of the molecule is Cc1nc(-c2ccccc2)sc1CNc1ccc(C#N)cc1F. The van der Waals surface area contributed by atoms with E-state index >= 15 is 0 Å². The second-order valence-corrected chi connectivity index (χ2v) is 6.14. The summed E-state index contributed by atoms with van der Waals surface area (Å²) in [6.45, 7) is 2.45. The van der Waals surface area contributed by atoms with Crippen LogP contribution in [0.3, 0.4) is 0 Å². The fraction of sp³-hybridized carbons (Fsp3) is 0.111. The van der Waals surface area contributed by atoms with Crippen LogP contribution in [0.2, 0.25) is 0 Å². The molecule has 0 saturated heterocycles. The van der Waals surface area contributed by atoms with Crippen LogP contribution in [0, 0.1) is 24.1 Å². The summed E-state index contributed by atoms with van der Waals surface area (Å²) in [6, 6.07) is 16.3. The van der Waals surface area contributed by atoms with E-state index in [1.807, 2.05) is 43.3 Å². The standard InChI is InChI=1S/C18H14FN3S/c1-12-17(23-18(22-12)14-5-3-2-4-6-14)11-21-16-8-7-13(10-20)9-15(16)19/h2-9,21H,11H2,1H3. The molecule has 3 nitrogen and oxygen atoms in total. The third-order valence-electron chi connectivity index (χ3n) is 3.45. The highest BCUT2D eigenvalue weighted by atomic mass is 32.1. The van der Waals surface area contributed by atoms with Crippen molar-refractivity contribution in [1.82, 2.24) is 4.98 Å². The lowest BCUT2D eigenvalue weighted by molar-refractivity contribution is 0.629. The minimum atomic E-state index is -0.422. The summed E-state index contributed by atoms with van der Waals surface area (Å²) in [5.41, 5.74) is 2.72. The van der Waals surface area contributed by atoms with Crippen LogP contribution in [-0.4, -0.2) is 4.98 Å². The van der Waals surface area contributed by atoms with Crippen molar-refractivity contribution in [3.05, 3.63) is 70.5 Å². The molecule has 0 atom stereocenters. The molecule has 5 heteroatoms. The van der Waals surface area contributed by atoms with Crippen LogP contribution < -0.4 is 5.32 Å². The predicted molar refractivity (Wildman–Crippen MR) is 90.7 cm³/mol. The molecule has 114 valence electrons. The molecule has 0 saturated carbocycles. The van der Waals surface area contributed by atoms with Gasteiger partial charge in [0.25, 0.3) is 0 Å². The molecule has 0 radical (unpaired) electrons. The van der Waals surface area contributed by atoms with Crippen LogP contribution in [-0.2, 0) is 6.54 Å². The summed E-state index contributed by atoms with van der Waals surface area (Å²) < 4.78 is 13.9. The van der Waals surface area contributed by atoms with Gasteiger partial charge in [0.2, 0.25) is 0 Å². The van der Waals surface area contributed by atoms with Gasteiger partial charge in [0.15, 0.2) is 0 Å². The van der Waals surface area contributed by atoms with Crippen molar-refractivity contribution in [3.63, 3.8) is 0 Å². The van der Waals surface area contributed by atoms with E-state index in [-0.39, 0.29) is 0 Å². The smallest absolute Gasteiger partial charge is 0.147 e. The topological polar surface area (TPSA) is 48.7 Å². The third-order valence-corrected chi connectivity index (χ3v) is 4.66. The Morgan fingerprint density at radius 2 is 2.00 bits per heavy atom. The molecule has 1 aromatic heterocycles. The maximum atomic E-state index is 13.9. The first kappa shape index (κ1) is 15.2. The summed E-state index contributed by atoms with van der Waals surface area (Å²) in [5.74, 6) is -0.422. The number of benzene rings is 2. The van der Waals surface area contributed by atoms with E-state index in [9.17, 15) is 4.39 Å². The normalized spacial score (nSPS) is 10.3. The summed E-state index contributed by atoms with van der Waals surface area (Å²) in [6.07, 6.45) is 0. The lowest BCUT2D eigenvalue weighted by atomic mass is 10.2. The molecule has 1 N–H and O–H groups in total. The highest BCUT2D eigenvalue weighted by Crippen LogP contribution is 2.28. The van der Waals surface area contributed by atoms with Gasteiger partial charge in [-0.1, -0.05) is 30.3 Å². The van der Waals surface area contributed by atoms with Crippen LogP contribution in [0.15, 0.2) is 48.5 Å². The number of aryl methyl sites for hydroxylation is 1. The molecule has 0 fully saturated rings. The fourth-order valence-corrected chi connectivity index (χ4v) is 3.21. The monoisotopic (exact) mass is 323 g/mol. The molecule has 0 amide bonds. The van der Waals surface area contributed by atoms with Gasteiger partial charge in [0.05, 0.1) is 29.6 Å². The quantitative estimate of drug-likeness (QED) is 0.754. The van der Waals surface area contributed by atoms with Gasteiger partial charge in [-0.15, -0.1) is 11.3 Å². The summed E-state index contributed by atoms with van der Waals surface area (Å²) >= 11 is 1.60. The minimum Gasteiger partial charge on any atom is -0.378 e. The first-order valence-corrected chi connectivity index (χ1v) is 7.94. The second kappa shape index (κ2) is 6.59. The Balaban J connectivity index is 1.77. The maximum Gasteiger partial charge on any atom is 0.147 e. The molecule has 0 aliphatic carbocycles. The molecule has 0 spiro atoms. The van der Waals surface area contributed by atoms with Crippen LogP contribution in [0.4, 0.5) is 10.1 Å². The van der Waals surface area contributed by atoms with E-state index in [0.29, 0.717) is 17.8 Å². The van der Waals surface area contributed by atoms with Crippen molar-refractivity contribution in [2.75, 3.05) is 5.32 Å². The average molecular weight is 323 g/mol. The molecule has 0 aliphatic heterocycles. The van der Waals surface area contributed by atoms with Crippen molar-refractivity contribution in [1.29, 1.82) is 5.26 Å². The molecule has 23 heavy (non-hydrogen) atoms. The largest absolute Gasteiger partial charge is 0.378 e. The average Bonchev–Trinajstić information content (AvgIpc) is 2.95. The molecule has 2 aromatic carbocycles. The lowest BCUT2D eigenvalue weighted by Crippen LogP contribution is -2.01. The van der Waals surface area contributed by atoms with E-state index in [2.05, 4.69) is 10.3 Å². The first-order chi connectivity index (χ1) is 11.2. The number of nitrogens with one attached hydrogen (secondary N) is 1. The number of halogens is 1. The van der Waals surface area contributed by atoms with Crippen molar-refractivity contribution in [2.45, 2.75) is 13.5 Å². The molecule has 0 aliphatic rings. The summed E-state index contributed by atoms with van der Waals surface area (Å²) in [5, 5.41) is 12.8. The van der Waals surface area contributed by atoms with Gasteiger partial charge in [-0.3, -0.25) is 0 Å². The number of nitrogens with zero attached hydrogens (tertiary/aromatic N) is 2. The van der Waals surface area contributed by atoms with Gasteiger partial charge in [-0.05, 0) is 25.1 Å². The van der Waals surface area contributed by atoms with Crippen molar-refractivity contribution in [2.24, 2.45) is 0 Å². The van der Waals surface area contributed by atoms with Gasteiger partial charge < -0.3 is 5.32 Å². The third kappa shape index (κ3) is 3.38. The Morgan fingerprint density at radius 1 is 1.22 bits per heavy atom. The van der Waals surface area contributed by atoms with Gasteiger partial charge in [-0.25, -0.2) is 9.37 Å². The minimum absolute atomic E-state index is 0.313. The Bertz CT molecular complexity index is 866. The van der Waals surface area contributed by atoms with E-state index in [1.165, 1.54) is 6.07 Å². The number of nitriles is 1. The van der Waals surface area contributed by atoms with Crippen molar-refractivity contribution in [3.8, 4) is 16.6 Å². The molecular weight excluding hydrogens is 309 g/mol. The molecule has 0 bridgehead atoms. The molecule has 1 heterocycles. The molecule has 3 rings (SSSR count). The zero-order valence-electron chi connectivity index (χ0n) is 12.5. The Labute approximate surface area is 138 Å². The zero-order valence-corrected chi connectivity index (χ0v) is 13.3. The number of thiazole rings is 1. The van der Waals surface area contributed by atoms with Crippen LogP contribution >= 0.6 is 11.3 Å². The second-order valence-electron chi connectivity index (χ2n) is 5.05. The zero-order chi connectivity index (χ0) is 16.2. The predicted octanol–water partition coefficient (Wildman–Crippen LogP) is 4.74. The van der Waals surface area contributed by atoms with Gasteiger partial charge in [0.1, 0.15) is 10.8 Å². The Hall–Kier alpha value is -2.71. The number of hydrogen-bond donors (Lipinski definition) is 1. The highest BCUT2D eigenvalue weighted by Gasteiger charge is 2.10. The lowest BCUT2D eigenvalue weighted by Gasteiger charge is -2.06. The fourth-order valence-electron chi connectivity index (χ4n) is 2.20. The van der Waals surface area contributed by atoms with Gasteiger partial charge >= 0.3 is 0 Å². The number of rotatable bonds is 4. The van der Waals surface area contributed by atoms with E-state index < -0.39 is 5.82 Å². The Morgan fingerprint density at radius 3 is 2.70 bits per heavy atom. The number of hydrogen-bond acceptors (Lipinski definition) is 4. The van der Waals surface area contributed by atoms with Gasteiger partial charge in [-0.2, -0.15) is 5.26 Å². The van der Waals surface area contributed by atoms with Crippen LogP contribution in [0.1, 0.15) is 16.1 Å². The summed E-state index contributed by atoms with van der Waals surface area (Å²) in [4.78, 5) is 5.65. The maximum absolute atomic E-state index is 13.9. The number of aromatic nitrogens is 1. The van der Waals surface area contributed by atoms with E-state index in [4.69, 9.17) is 5.26 Å². The number of anilines is 1.